The molecule has 4 aromatic rings. The summed E-state index contributed by atoms with van der Waals surface area (Å²) < 4.78 is 1.95. The predicted molar refractivity (Wildman–Crippen MR) is 121 cm³/mol. The summed E-state index contributed by atoms with van der Waals surface area (Å²) in [4.78, 5) is 25.6. The summed E-state index contributed by atoms with van der Waals surface area (Å²) in [6.07, 6.45) is 6.25. The molecule has 31 heavy (non-hydrogen) atoms. The van der Waals surface area contributed by atoms with Crippen LogP contribution >= 0.6 is 0 Å². The van der Waals surface area contributed by atoms with E-state index in [0.29, 0.717) is 6.42 Å². The Morgan fingerprint density at radius 2 is 2.10 bits per heavy atom. The number of likely N-dealkylation sites (tertiary alicyclic amines) is 1. The third-order valence-electron chi connectivity index (χ3n) is 6.11. The van der Waals surface area contributed by atoms with E-state index in [9.17, 15) is 4.79 Å². The van der Waals surface area contributed by atoms with Crippen LogP contribution in [-0.2, 0) is 17.8 Å². The highest BCUT2D eigenvalue weighted by atomic mass is 16.2. The van der Waals surface area contributed by atoms with Gasteiger partial charge in [-0.2, -0.15) is 5.10 Å². The average molecular weight is 417 g/mol. The van der Waals surface area contributed by atoms with Crippen LogP contribution in [0.1, 0.15) is 41.4 Å². The zero-order chi connectivity index (χ0) is 21.5. The van der Waals surface area contributed by atoms with Crippen molar-refractivity contribution in [3.8, 4) is 0 Å². The van der Waals surface area contributed by atoms with Crippen LogP contribution in [-0.4, -0.2) is 55.9 Å². The maximum absolute atomic E-state index is 13.5. The van der Waals surface area contributed by atoms with Gasteiger partial charge in [0, 0.05) is 48.0 Å². The lowest BCUT2D eigenvalue weighted by atomic mass is 10.0. The van der Waals surface area contributed by atoms with Gasteiger partial charge in [-0.25, -0.2) is 9.50 Å². The second-order valence-electron chi connectivity index (χ2n) is 8.74. The van der Waals surface area contributed by atoms with E-state index < -0.39 is 0 Å². The second-order valence-corrected chi connectivity index (χ2v) is 8.74. The molecule has 1 aromatic carbocycles. The van der Waals surface area contributed by atoms with Crippen molar-refractivity contribution in [2.24, 2.45) is 0 Å². The molecule has 0 spiro atoms. The number of amides is 1. The summed E-state index contributed by atoms with van der Waals surface area (Å²) in [5, 5.41) is 5.85. The van der Waals surface area contributed by atoms with Gasteiger partial charge in [0.15, 0.2) is 5.65 Å². The van der Waals surface area contributed by atoms with Crippen LogP contribution in [0.25, 0.3) is 16.6 Å². The molecule has 1 amide bonds. The van der Waals surface area contributed by atoms with Crippen molar-refractivity contribution in [1.82, 2.24) is 29.4 Å². The summed E-state index contributed by atoms with van der Waals surface area (Å²) >= 11 is 0. The van der Waals surface area contributed by atoms with Crippen molar-refractivity contribution in [2.45, 2.75) is 38.8 Å². The number of hydrogen-bond donors (Lipinski definition) is 1. The van der Waals surface area contributed by atoms with Crippen LogP contribution < -0.4 is 0 Å². The molecule has 1 atom stereocenters. The number of aryl methyl sites for hydroxylation is 1. The van der Waals surface area contributed by atoms with Gasteiger partial charge < -0.3 is 14.8 Å². The Kier molecular flexibility index (Phi) is 4.98. The monoisotopic (exact) mass is 416 g/mol. The Labute approximate surface area is 181 Å². The number of hydrogen-bond acceptors (Lipinski definition) is 4. The van der Waals surface area contributed by atoms with Gasteiger partial charge >= 0.3 is 0 Å². The first kappa shape index (κ1) is 19.8. The maximum Gasteiger partial charge on any atom is 0.227 e. The Morgan fingerprint density at radius 3 is 2.94 bits per heavy atom. The van der Waals surface area contributed by atoms with Crippen molar-refractivity contribution in [3.05, 3.63) is 65.2 Å². The topological polar surface area (TPSA) is 69.5 Å². The molecular weight excluding hydrogens is 388 g/mol. The molecule has 7 heteroatoms. The normalized spacial score (nSPS) is 16.8. The average Bonchev–Trinajstić information content (AvgIpc) is 3.45. The number of fused-ring (bicyclic) bond motifs is 2. The molecule has 1 N–H and O–H groups in total. The maximum atomic E-state index is 13.5. The lowest BCUT2D eigenvalue weighted by molar-refractivity contribution is -0.131. The second kappa shape index (κ2) is 7.81. The van der Waals surface area contributed by atoms with Crippen molar-refractivity contribution < 1.29 is 4.79 Å². The third-order valence-corrected chi connectivity index (χ3v) is 6.11. The van der Waals surface area contributed by atoms with Crippen molar-refractivity contribution in [3.63, 3.8) is 0 Å². The fraction of sp³-hybridized carbons (Fsp3) is 0.375. The number of H-pyrrole nitrogens is 1. The number of nitrogens with zero attached hydrogens (tertiary/aromatic N) is 5. The van der Waals surface area contributed by atoms with E-state index in [-0.39, 0.29) is 11.9 Å². The highest BCUT2D eigenvalue weighted by Crippen LogP contribution is 2.35. The smallest absolute Gasteiger partial charge is 0.227 e. The number of aromatic amines is 1. The molecule has 0 radical (unpaired) electrons. The molecule has 7 nitrogen and oxygen atoms in total. The molecule has 5 rings (SSSR count). The number of para-hydroxylation sites is 1. The number of carbonyl (C=O) groups excluding carboxylic acids is 1. The van der Waals surface area contributed by atoms with Gasteiger partial charge in [-0.15, -0.1) is 0 Å². The van der Waals surface area contributed by atoms with E-state index in [0.717, 1.165) is 65.0 Å². The fourth-order valence-corrected chi connectivity index (χ4v) is 4.81. The fourth-order valence-electron chi connectivity index (χ4n) is 4.81. The summed E-state index contributed by atoms with van der Waals surface area (Å²) in [7, 11) is 4.10. The third kappa shape index (κ3) is 3.59. The first-order valence-corrected chi connectivity index (χ1v) is 10.8. The van der Waals surface area contributed by atoms with Crippen molar-refractivity contribution >= 4 is 22.5 Å². The van der Waals surface area contributed by atoms with Crippen LogP contribution in [0, 0.1) is 6.92 Å². The molecular formula is C24H28N6O. The Hall–Kier alpha value is -3.19. The van der Waals surface area contributed by atoms with E-state index in [1.54, 1.807) is 0 Å². The molecule has 1 unspecified atom stereocenters. The molecule has 1 fully saturated rings. The van der Waals surface area contributed by atoms with Crippen LogP contribution in [0.5, 0.6) is 0 Å². The van der Waals surface area contributed by atoms with Crippen molar-refractivity contribution in [1.29, 1.82) is 0 Å². The lowest BCUT2D eigenvalue weighted by Crippen LogP contribution is -2.33. The zero-order valence-corrected chi connectivity index (χ0v) is 18.3. The van der Waals surface area contributed by atoms with E-state index >= 15 is 0 Å². The highest BCUT2D eigenvalue weighted by molar-refractivity contribution is 5.89. The largest absolute Gasteiger partial charge is 0.361 e. The molecule has 0 bridgehead atoms. The molecule has 4 heterocycles. The Bertz CT molecular complexity index is 1250. The van der Waals surface area contributed by atoms with Gasteiger partial charge in [-0.05, 0) is 45.5 Å². The number of carbonyl (C=O) groups is 1. The van der Waals surface area contributed by atoms with Crippen LogP contribution in [0.2, 0.25) is 0 Å². The zero-order valence-electron chi connectivity index (χ0n) is 18.3. The number of nitrogens with one attached hydrogen (secondary N) is 1. The Balaban J connectivity index is 1.51. The highest BCUT2D eigenvalue weighted by Gasteiger charge is 2.34. The summed E-state index contributed by atoms with van der Waals surface area (Å²) in [5.41, 5.74) is 6.11. The standard InChI is InChI=1S/C24H28N6O/c1-16-11-22-26-14-18(15-28(2)3)24(30(22)27-16)21-9-6-10-29(21)23(31)12-17-13-25-20-8-5-4-7-19(17)20/h4-5,7-8,11,13-14,21,25H,6,9-10,12,15H2,1-3H3. The van der Waals surface area contributed by atoms with E-state index in [1.165, 1.54) is 0 Å². The molecule has 1 aliphatic heterocycles. The Morgan fingerprint density at radius 1 is 1.26 bits per heavy atom. The minimum Gasteiger partial charge on any atom is -0.361 e. The summed E-state index contributed by atoms with van der Waals surface area (Å²) in [5.74, 6) is 0.164. The predicted octanol–water partition coefficient (Wildman–Crippen LogP) is 3.49. The number of benzene rings is 1. The SMILES string of the molecule is Cc1cc2ncc(CN(C)C)c(C3CCCN3C(=O)Cc3c[nH]c4ccccc34)n2n1. The van der Waals surface area contributed by atoms with Gasteiger partial charge in [0.25, 0.3) is 0 Å². The number of aromatic nitrogens is 4. The minimum absolute atomic E-state index is 0.0115. The summed E-state index contributed by atoms with van der Waals surface area (Å²) in [6, 6.07) is 10.2. The number of rotatable bonds is 5. The van der Waals surface area contributed by atoms with Gasteiger partial charge in [-0.1, -0.05) is 18.2 Å². The van der Waals surface area contributed by atoms with E-state index in [1.807, 2.05) is 53.0 Å². The minimum atomic E-state index is 0.0115. The van der Waals surface area contributed by atoms with Crippen LogP contribution in [0.15, 0.2) is 42.7 Å². The van der Waals surface area contributed by atoms with E-state index in [4.69, 9.17) is 5.10 Å². The quantitative estimate of drug-likeness (QED) is 0.541. The first-order valence-electron chi connectivity index (χ1n) is 10.8. The van der Waals surface area contributed by atoms with Gasteiger partial charge in [0.1, 0.15) is 0 Å². The van der Waals surface area contributed by atoms with Crippen molar-refractivity contribution in [2.75, 3.05) is 20.6 Å². The van der Waals surface area contributed by atoms with Crippen LogP contribution in [0.3, 0.4) is 0 Å². The molecule has 0 aliphatic carbocycles. The summed E-state index contributed by atoms with van der Waals surface area (Å²) in [6.45, 7) is 3.52. The first-order chi connectivity index (χ1) is 15.0. The van der Waals surface area contributed by atoms with Gasteiger partial charge in [0.05, 0.1) is 23.9 Å². The van der Waals surface area contributed by atoms with Crippen LogP contribution in [0.4, 0.5) is 0 Å². The molecule has 3 aromatic heterocycles. The van der Waals surface area contributed by atoms with Gasteiger partial charge in [-0.3, -0.25) is 4.79 Å². The molecule has 160 valence electrons. The molecule has 1 saturated heterocycles. The molecule has 0 saturated carbocycles. The van der Waals surface area contributed by atoms with Gasteiger partial charge in [0.2, 0.25) is 5.91 Å². The molecule has 1 aliphatic rings. The van der Waals surface area contributed by atoms with E-state index in [2.05, 4.69) is 35.0 Å². The lowest BCUT2D eigenvalue weighted by Gasteiger charge is -2.27.